The summed E-state index contributed by atoms with van der Waals surface area (Å²) >= 11 is 0. The smallest absolute Gasteiger partial charge is 0.330 e. The van der Waals surface area contributed by atoms with Gasteiger partial charge in [0.25, 0.3) is 5.56 Å². The fraction of sp³-hybridized carbons (Fsp3) is 0.312. The van der Waals surface area contributed by atoms with Crippen LogP contribution in [0, 0.1) is 12.8 Å². The molecule has 0 aliphatic carbocycles. The Hall–Kier alpha value is -4.18. The van der Waals surface area contributed by atoms with Crippen LogP contribution in [0.3, 0.4) is 0 Å². The molecule has 1 fully saturated rings. The normalized spacial score (nSPS) is 18.8. The van der Waals surface area contributed by atoms with Crippen molar-refractivity contribution >= 4 is 0 Å². The third-order valence-corrected chi connectivity index (χ3v) is 7.69. The van der Waals surface area contributed by atoms with Gasteiger partial charge in [0, 0.05) is 30.7 Å². The molecule has 0 bridgehead atoms. The molecular weight excluding hydrogens is 524 g/mol. The number of aliphatic hydroxyl groups is 1. The Morgan fingerprint density at radius 1 is 0.902 bits per heavy atom. The summed E-state index contributed by atoms with van der Waals surface area (Å²) in [5, 5.41) is 10.3. The average Bonchev–Trinajstić information content (AvgIpc) is 3.43. The maximum atomic E-state index is 12.6. The lowest BCUT2D eigenvalue weighted by atomic mass is 9.80. The van der Waals surface area contributed by atoms with Gasteiger partial charge in [-0.25, -0.2) is 4.79 Å². The van der Waals surface area contributed by atoms with Gasteiger partial charge in [0.2, 0.25) is 0 Å². The van der Waals surface area contributed by atoms with Crippen LogP contribution in [0.2, 0.25) is 0 Å². The molecule has 9 nitrogen and oxygen atoms in total. The first-order chi connectivity index (χ1) is 19.9. The zero-order valence-electron chi connectivity index (χ0n) is 23.3. The van der Waals surface area contributed by atoms with Crippen molar-refractivity contribution < 1.29 is 24.1 Å². The molecule has 1 aliphatic rings. The van der Waals surface area contributed by atoms with Crippen molar-refractivity contribution in [3.8, 4) is 11.5 Å². The quantitative estimate of drug-likeness (QED) is 0.285. The minimum Gasteiger partial charge on any atom is -0.497 e. The first-order valence-corrected chi connectivity index (χ1v) is 13.5. The van der Waals surface area contributed by atoms with Gasteiger partial charge in [-0.1, -0.05) is 54.6 Å². The molecule has 2 N–H and O–H groups in total. The Bertz CT molecular complexity index is 1520. The maximum Gasteiger partial charge on any atom is 0.330 e. The molecule has 1 aromatic heterocycles. The van der Waals surface area contributed by atoms with Crippen molar-refractivity contribution in [2.24, 2.45) is 5.92 Å². The van der Waals surface area contributed by atoms with Crippen LogP contribution in [0.4, 0.5) is 0 Å². The van der Waals surface area contributed by atoms with E-state index in [2.05, 4.69) is 4.98 Å². The molecule has 214 valence electrons. The van der Waals surface area contributed by atoms with Gasteiger partial charge in [0.05, 0.1) is 26.9 Å². The summed E-state index contributed by atoms with van der Waals surface area (Å²) in [5.41, 5.74) is 1.00. The van der Waals surface area contributed by atoms with E-state index in [1.54, 1.807) is 21.1 Å². The van der Waals surface area contributed by atoms with Crippen molar-refractivity contribution in [2.75, 3.05) is 27.4 Å². The molecule has 3 aromatic carbocycles. The number of aromatic amines is 1. The summed E-state index contributed by atoms with van der Waals surface area (Å²) in [5.74, 6) is 1.14. The summed E-state index contributed by atoms with van der Waals surface area (Å²) in [6.07, 6.45) is 0.701. The highest BCUT2D eigenvalue weighted by Crippen LogP contribution is 2.43. The van der Waals surface area contributed by atoms with Crippen LogP contribution >= 0.6 is 0 Å². The number of nitrogens with one attached hydrogen (secondary N) is 1. The van der Waals surface area contributed by atoms with Gasteiger partial charge in [0.15, 0.2) is 0 Å². The topological polar surface area (TPSA) is 112 Å². The van der Waals surface area contributed by atoms with E-state index in [0.29, 0.717) is 12.0 Å². The molecule has 0 spiro atoms. The number of H-pyrrole nitrogens is 1. The Kier molecular flexibility index (Phi) is 8.39. The van der Waals surface area contributed by atoms with Crippen LogP contribution in [0.25, 0.3) is 0 Å². The highest BCUT2D eigenvalue weighted by Gasteiger charge is 2.42. The van der Waals surface area contributed by atoms with Crippen LogP contribution in [-0.2, 0) is 15.1 Å². The average molecular weight is 559 g/mol. The molecular formula is C32H34N2O7. The van der Waals surface area contributed by atoms with Crippen molar-refractivity contribution in [3.05, 3.63) is 128 Å². The molecule has 5 rings (SSSR count). The summed E-state index contributed by atoms with van der Waals surface area (Å²) in [4.78, 5) is 26.8. The largest absolute Gasteiger partial charge is 0.497 e. The van der Waals surface area contributed by atoms with E-state index in [1.807, 2.05) is 78.9 Å². The van der Waals surface area contributed by atoms with Crippen LogP contribution in [0.15, 0.2) is 94.6 Å². The van der Waals surface area contributed by atoms with Crippen LogP contribution < -0.4 is 20.7 Å². The van der Waals surface area contributed by atoms with Gasteiger partial charge in [0.1, 0.15) is 23.3 Å². The van der Waals surface area contributed by atoms with Gasteiger partial charge < -0.3 is 24.1 Å². The van der Waals surface area contributed by atoms with E-state index in [-0.39, 0.29) is 19.1 Å². The minimum atomic E-state index is -1.05. The fourth-order valence-electron chi connectivity index (χ4n) is 5.41. The van der Waals surface area contributed by atoms with Crippen LogP contribution in [-0.4, -0.2) is 48.2 Å². The van der Waals surface area contributed by atoms with Crippen molar-refractivity contribution in [1.82, 2.24) is 9.55 Å². The predicted molar refractivity (Wildman–Crippen MR) is 153 cm³/mol. The second kappa shape index (κ2) is 12.1. The lowest BCUT2D eigenvalue weighted by molar-refractivity contribution is -0.0877. The summed E-state index contributed by atoms with van der Waals surface area (Å²) < 4.78 is 25.5. The Balaban J connectivity index is 1.55. The predicted octanol–water partition coefficient (Wildman–Crippen LogP) is 3.77. The molecule has 3 atom stereocenters. The number of aliphatic hydroxyl groups excluding tert-OH is 1. The SMILES string of the molecule is COc1ccc(C(OC[C@H]2O[C@@H](n3cc(C)c(=O)[nH]c3=O)C[C@@H]2CO)(c2ccccc2)c2ccc(OC)cc2)cc1. The summed E-state index contributed by atoms with van der Waals surface area (Å²) in [6.45, 7) is 1.60. The zero-order chi connectivity index (χ0) is 29.0. The van der Waals surface area contributed by atoms with E-state index in [1.165, 1.54) is 10.8 Å². The Labute approximate surface area is 237 Å². The standard InChI is InChI=1S/C32H34N2O7/c1-21-18-34(31(37)33-30(21)36)29-17-22(19-35)28(41-29)20-40-32(23-7-5-4-6-8-23,24-9-13-26(38-2)14-10-24)25-11-15-27(39-3)16-12-25/h4-16,18,22,28-29,35H,17,19-20H2,1-3H3,(H,33,36,37)/t22-,28-,29-/m1/s1. The number of methoxy groups -OCH3 is 2. The summed E-state index contributed by atoms with van der Waals surface area (Å²) in [6, 6.07) is 25.4. The van der Waals surface area contributed by atoms with Crippen LogP contribution in [0.1, 0.15) is 34.9 Å². The molecule has 4 aromatic rings. The number of ether oxygens (including phenoxy) is 4. The summed E-state index contributed by atoms with van der Waals surface area (Å²) in [7, 11) is 3.25. The highest BCUT2D eigenvalue weighted by atomic mass is 16.6. The Morgan fingerprint density at radius 2 is 1.46 bits per heavy atom. The number of nitrogens with zero attached hydrogens (tertiary/aromatic N) is 1. The molecule has 0 saturated carbocycles. The first kappa shape index (κ1) is 28.4. The molecule has 41 heavy (non-hydrogen) atoms. The lowest BCUT2D eigenvalue weighted by Crippen LogP contribution is -2.37. The van der Waals surface area contributed by atoms with Gasteiger partial charge >= 0.3 is 5.69 Å². The monoisotopic (exact) mass is 558 g/mol. The number of benzene rings is 3. The third-order valence-electron chi connectivity index (χ3n) is 7.69. The number of rotatable bonds is 10. The number of hydrogen-bond donors (Lipinski definition) is 2. The number of hydrogen-bond acceptors (Lipinski definition) is 7. The van der Waals surface area contributed by atoms with E-state index < -0.39 is 29.2 Å². The van der Waals surface area contributed by atoms with E-state index >= 15 is 0 Å². The second-order valence-corrected chi connectivity index (χ2v) is 10.1. The second-order valence-electron chi connectivity index (χ2n) is 10.1. The zero-order valence-corrected chi connectivity index (χ0v) is 23.3. The lowest BCUT2D eigenvalue weighted by Gasteiger charge is -2.37. The van der Waals surface area contributed by atoms with Gasteiger partial charge in [-0.05, 0) is 47.9 Å². The maximum absolute atomic E-state index is 12.6. The van der Waals surface area contributed by atoms with Gasteiger partial charge in [-0.3, -0.25) is 14.3 Å². The Morgan fingerprint density at radius 3 is 2.00 bits per heavy atom. The van der Waals surface area contributed by atoms with E-state index in [0.717, 1.165) is 28.2 Å². The van der Waals surface area contributed by atoms with Crippen molar-refractivity contribution in [3.63, 3.8) is 0 Å². The third kappa shape index (κ3) is 5.56. The minimum absolute atomic E-state index is 0.117. The molecule has 9 heteroatoms. The highest BCUT2D eigenvalue weighted by molar-refractivity contribution is 5.49. The molecule has 0 unspecified atom stereocenters. The molecule has 2 heterocycles. The molecule has 1 saturated heterocycles. The molecule has 1 aliphatic heterocycles. The van der Waals surface area contributed by atoms with Gasteiger partial charge in [-0.2, -0.15) is 0 Å². The van der Waals surface area contributed by atoms with Gasteiger partial charge in [-0.15, -0.1) is 0 Å². The molecule has 0 radical (unpaired) electrons. The fourth-order valence-corrected chi connectivity index (χ4v) is 5.41. The van der Waals surface area contributed by atoms with Crippen molar-refractivity contribution in [2.45, 2.75) is 31.3 Å². The number of aryl methyl sites for hydroxylation is 1. The van der Waals surface area contributed by atoms with E-state index in [4.69, 9.17) is 18.9 Å². The van der Waals surface area contributed by atoms with E-state index in [9.17, 15) is 14.7 Å². The van der Waals surface area contributed by atoms with Crippen molar-refractivity contribution in [1.29, 1.82) is 0 Å². The van der Waals surface area contributed by atoms with Crippen LogP contribution in [0.5, 0.6) is 11.5 Å². The number of aromatic nitrogens is 2. The first-order valence-electron chi connectivity index (χ1n) is 13.5. The molecule has 0 amide bonds.